The first-order valence-corrected chi connectivity index (χ1v) is 10.4. The summed E-state index contributed by atoms with van der Waals surface area (Å²) in [6.45, 7) is 6.35. The van der Waals surface area contributed by atoms with E-state index in [2.05, 4.69) is 25.5 Å². The molecule has 170 valence electrons. The number of nitrogens with zero attached hydrogens (tertiary/aromatic N) is 3. The summed E-state index contributed by atoms with van der Waals surface area (Å²) in [5.41, 5.74) is 4.03. The van der Waals surface area contributed by atoms with Gasteiger partial charge in [0.15, 0.2) is 5.96 Å². The second-order valence-corrected chi connectivity index (χ2v) is 7.80. The number of rotatable bonds is 6. The Morgan fingerprint density at radius 3 is 2.74 bits per heavy atom. The molecule has 1 fully saturated rings. The first-order chi connectivity index (χ1) is 14.5. The maximum Gasteiger partial charge on any atom is 0.191 e. The largest absolute Gasteiger partial charge is 0.496 e. The van der Waals surface area contributed by atoms with Gasteiger partial charge in [-0.05, 0) is 38.5 Å². The number of hydrogen-bond acceptors (Lipinski definition) is 5. The molecule has 1 saturated heterocycles. The lowest BCUT2D eigenvalue weighted by atomic mass is 10.1. The van der Waals surface area contributed by atoms with Crippen LogP contribution in [0.2, 0.25) is 5.02 Å². The molecule has 31 heavy (non-hydrogen) atoms. The zero-order valence-electron chi connectivity index (χ0n) is 18.7. The monoisotopic (exact) mass is 559 g/mol. The van der Waals surface area contributed by atoms with Crippen molar-refractivity contribution >= 4 is 47.2 Å². The Hall–Kier alpha value is -1.94. The SMILES string of the molecule is CN=C(NCc1ncc(C)c(OC)c1C)NC1CCN(c2cc(Cl)ccc2OC)C1.I. The highest BCUT2D eigenvalue weighted by molar-refractivity contribution is 14.0. The molecule has 2 aromatic rings. The van der Waals surface area contributed by atoms with Crippen LogP contribution in [0, 0.1) is 13.8 Å². The van der Waals surface area contributed by atoms with E-state index in [0.29, 0.717) is 11.6 Å². The number of pyridine rings is 1. The van der Waals surface area contributed by atoms with Crippen molar-refractivity contribution in [2.75, 3.05) is 39.3 Å². The Balaban J connectivity index is 0.00000341. The minimum absolute atomic E-state index is 0. The van der Waals surface area contributed by atoms with E-state index in [9.17, 15) is 0 Å². The van der Waals surface area contributed by atoms with E-state index < -0.39 is 0 Å². The van der Waals surface area contributed by atoms with E-state index in [1.54, 1.807) is 21.3 Å². The number of aryl methyl sites for hydroxylation is 1. The zero-order valence-corrected chi connectivity index (χ0v) is 21.7. The van der Waals surface area contributed by atoms with Crippen molar-refractivity contribution < 1.29 is 9.47 Å². The molecule has 9 heteroatoms. The maximum absolute atomic E-state index is 6.20. The van der Waals surface area contributed by atoms with Crippen molar-refractivity contribution in [3.8, 4) is 11.5 Å². The molecule has 1 aromatic carbocycles. The number of hydrogen-bond donors (Lipinski definition) is 2. The van der Waals surface area contributed by atoms with Gasteiger partial charge in [0, 0.05) is 48.5 Å². The lowest BCUT2D eigenvalue weighted by Crippen LogP contribution is -2.44. The number of methoxy groups -OCH3 is 2. The van der Waals surface area contributed by atoms with Crippen LogP contribution in [-0.2, 0) is 6.54 Å². The summed E-state index contributed by atoms with van der Waals surface area (Å²) in [6, 6.07) is 5.97. The van der Waals surface area contributed by atoms with Crippen molar-refractivity contribution in [3.63, 3.8) is 0 Å². The van der Waals surface area contributed by atoms with E-state index >= 15 is 0 Å². The van der Waals surface area contributed by atoms with Crippen LogP contribution in [-0.4, -0.2) is 51.3 Å². The van der Waals surface area contributed by atoms with Gasteiger partial charge in [0.25, 0.3) is 0 Å². The van der Waals surface area contributed by atoms with Gasteiger partial charge in [0.2, 0.25) is 0 Å². The average molecular weight is 560 g/mol. The molecule has 3 rings (SSSR count). The lowest BCUT2D eigenvalue weighted by Gasteiger charge is -2.22. The Bertz CT molecular complexity index is 925. The molecule has 2 N–H and O–H groups in total. The van der Waals surface area contributed by atoms with Crippen LogP contribution in [0.4, 0.5) is 5.69 Å². The normalized spacial score (nSPS) is 16.0. The third-order valence-corrected chi connectivity index (χ3v) is 5.64. The van der Waals surface area contributed by atoms with Crippen LogP contribution in [0.3, 0.4) is 0 Å². The maximum atomic E-state index is 6.20. The Labute approximate surface area is 206 Å². The highest BCUT2D eigenvalue weighted by atomic mass is 127. The summed E-state index contributed by atoms with van der Waals surface area (Å²) >= 11 is 6.20. The number of anilines is 1. The minimum Gasteiger partial charge on any atom is -0.496 e. The average Bonchev–Trinajstić information content (AvgIpc) is 3.21. The third-order valence-electron chi connectivity index (χ3n) is 5.41. The first kappa shape index (κ1) is 25.3. The molecule has 7 nitrogen and oxygen atoms in total. The van der Waals surface area contributed by atoms with Gasteiger partial charge in [-0.3, -0.25) is 9.98 Å². The standard InChI is InChI=1S/C22H30ClN5O2.HI/c1-14-11-25-18(15(2)21(14)30-5)12-26-22(24-3)27-17-8-9-28(13-17)19-10-16(23)6-7-20(19)29-4;/h6-7,10-11,17H,8-9,12-13H2,1-5H3,(H2,24,26,27);1H. The van der Waals surface area contributed by atoms with E-state index in [1.807, 2.05) is 38.2 Å². The molecule has 1 aliphatic rings. The quantitative estimate of drug-likeness (QED) is 0.318. The van der Waals surface area contributed by atoms with E-state index in [1.165, 1.54) is 0 Å². The lowest BCUT2D eigenvalue weighted by molar-refractivity contribution is 0.406. The third kappa shape index (κ3) is 6.06. The summed E-state index contributed by atoms with van der Waals surface area (Å²) in [5, 5.41) is 7.58. The molecule has 2 heterocycles. The zero-order chi connectivity index (χ0) is 21.7. The second-order valence-electron chi connectivity index (χ2n) is 7.36. The number of aromatic nitrogens is 1. The van der Waals surface area contributed by atoms with E-state index in [0.717, 1.165) is 59.5 Å². The summed E-state index contributed by atoms with van der Waals surface area (Å²) in [4.78, 5) is 11.2. The molecule has 0 saturated carbocycles. The van der Waals surface area contributed by atoms with Crippen molar-refractivity contribution in [2.24, 2.45) is 4.99 Å². The molecular formula is C22H31ClIN5O2. The van der Waals surface area contributed by atoms with Gasteiger partial charge in [-0.2, -0.15) is 0 Å². The highest BCUT2D eigenvalue weighted by Gasteiger charge is 2.25. The Kier molecular flexibility index (Phi) is 9.49. The molecule has 1 aromatic heterocycles. The predicted molar refractivity (Wildman–Crippen MR) is 138 cm³/mol. The summed E-state index contributed by atoms with van der Waals surface area (Å²) in [7, 11) is 5.15. The molecule has 1 aliphatic heterocycles. The topological polar surface area (TPSA) is 71.0 Å². The molecule has 0 spiro atoms. The van der Waals surface area contributed by atoms with Crippen LogP contribution in [0.25, 0.3) is 0 Å². The molecule has 1 atom stereocenters. The molecule has 1 unspecified atom stereocenters. The van der Waals surface area contributed by atoms with Crippen molar-refractivity contribution in [2.45, 2.75) is 32.9 Å². The first-order valence-electron chi connectivity index (χ1n) is 10.0. The van der Waals surface area contributed by atoms with Gasteiger partial charge in [-0.25, -0.2) is 0 Å². The summed E-state index contributed by atoms with van der Waals surface area (Å²) < 4.78 is 11.0. The number of aliphatic imine (C=N–C) groups is 1. The number of nitrogens with one attached hydrogen (secondary N) is 2. The predicted octanol–water partition coefficient (Wildman–Crippen LogP) is 3.93. The van der Waals surface area contributed by atoms with Crippen molar-refractivity contribution in [3.05, 3.63) is 46.2 Å². The van der Waals surface area contributed by atoms with Gasteiger partial charge < -0.3 is 25.0 Å². The fraction of sp³-hybridized carbons (Fsp3) is 0.455. The Morgan fingerprint density at radius 2 is 2.06 bits per heavy atom. The van der Waals surface area contributed by atoms with Crippen LogP contribution in [0.1, 0.15) is 23.2 Å². The molecule has 0 radical (unpaired) electrons. The highest BCUT2D eigenvalue weighted by Crippen LogP contribution is 2.33. The van der Waals surface area contributed by atoms with Gasteiger partial charge in [-0.15, -0.1) is 24.0 Å². The van der Waals surface area contributed by atoms with Crippen LogP contribution >= 0.6 is 35.6 Å². The number of ether oxygens (including phenoxy) is 2. The number of guanidine groups is 1. The smallest absolute Gasteiger partial charge is 0.191 e. The summed E-state index contributed by atoms with van der Waals surface area (Å²) in [5.74, 6) is 2.46. The Morgan fingerprint density at radius 1 is 1.29 bits per heavy atom. The van der Waals surface area contributed by atoms with Crippen LogP contribution in [0.15, 0.2) is 29.4 Å². The van der Waals surface area contributed by atoms with E-state index in [-0.39, 0.29) is 30.0 Å². The second kappa shape index (κ2) is 11.6. The fourth-order valence-corrected chi connectivity index (χ4v) is 3.98. The minimum atomic E-state index is 0. The molecule has 0 amide bonds. The van der Waals surface area contributed by atoms with Crippen LogP contribution in [0.5, 0.6) is 11.5 Å². The van der Waals surface area contributed by atoms with Gasteiger partial charge in [0.05, 0.1) is 32.1 Å². The van der Waals surface area contributed by atoms with E-state index in [4.69, 9.17) is 21.1 Å². The fourth-order valence-electron chi connectivity index (χ4n) is 3.81. The number of benzene rings is 1. The van der Waals surface area contributed by atoms with Crippen molar-refractivity contribution in [1.29, 1.82) is 0 Å². The number of halogens is 2. The molecule has 0 aliphatic carbocycles. The van der Waals surface area contributed by atoms with Gasteiger partial charge in [0.1, 0.15) is 11.5 Å². The molecular weight excluding hydrogens is 529 g/mol. The van der Waals surface area contributed by atoms with Gasteiger partial charge in [-0.1, -0.05) is 11.6 Å². The summed E-state index contributed by atoms with van der Waals surface area (Å²) in [6.07, 6.45) is 2.83. The van der Waals surface area contributed by atoms with Crippen LogP contribution < -0.4 is 25.0 Å². The van der Waals surface area contributed by atoms with Gasteiger partial charge >= 0.3 is 0 Å². The van der Waals surface area contributed by atoms with Crippen molar-refractivity contribution in [1.82, 2.24) is 15.6 Å². The molecule has 0 bridgehead atoms.